The topological polar surface area (TPSA) is 61.8 Å². The summed E-state index contributed by atoms with van der Waals surface area (Å²) in [6.45, 7) is 3.83. The number of carboxylic acid groups (broad SMARTS) is 1. The fraction of sp³-hybridized carbons (Fsp3) is 0.929. The summed E-state index contributed by atoms with van der Waals surface area (Å²) in [5.74, 6) is -0.101. The second-order valence-corrected chi connectivity index (χ2v) is 5.88. The van der Waals surface area contributed by atoms with E-state index >= 15 is 0 Å². The van der Waals surface area contributed by atoms with Gasteiger partial charge >= 0.3 is 5.97 Å². The highest BCUT2D eigenvalue weighted by Gasteiger charge is 2.29. The number of nitrogens with one attached hydrogen (secondary N) is 1. The Balaban J connectivity index is 1.71. The van der Waals surface area contributed by atoms with Crippen LogP contribution in [-0.2, 0) is 9.53 Å². The summed E-state index contributed by atoms with van der Waals surface area (Å²) in [4.78, 5) is 13.6. The van der Waals surface area contributed by atoms with Gasteiger partial charge in [-0.25, -0.2) is 0 Å². The Hall–Kier alpha value is -0.650. The third kappa shape index (κ3) is 5.09. The first-order valence-corrected chi connectivity index (χ1v) is 7.39. The van der Waals surface area contributed by atoms with E-state index in [1.54, 1.807) is 7.11 Å². The van der Waals surface area contributed by atoms with Gasteiger partial charge in [0.05, 0.1) is 6.61 Å². The quantitative estimate of drug-likeness (QED) is 0.687. The molecule has 0 amide bonds. The Kier molecular flexibility index (Phi) is 5.60. The van der Waals surface area contributed by atoms with Crippen LogP contribution < -0.4 is 5.32 Å². The number of carbonyl (C=O) groups is 1. The molecule has 2 fully saturated rings. The van der Waals surface area contributed by atoms with Crippen LogP contribution in [0.25, 0.3) is 0 Å². The molecule has 2 atom stereocenters. The third-order valence-corrected chi connectivity index (χ3v) is 4.05. The van der Waals surface area contributed by atoms with Crippen LogP contribution in [0.4, 0.5) is 0 Å². The number of likely N-dealkylation sites (tertiary alicyclic amines) is 1. The third-order valence-electron chi connectivity index (χ3n) is 4.05. The van der Waals surface area contributed by atoms with E-state index < -0.39 is 5.97 Å². The Morgan fingerprint density at radius 2 is 2.26 bits per heavy atom. The van der Waals surface area contributed by atoms with Gasteiger partial charge in [0.1, 0.15) is 6.04 Å². The molecule has 110 valence electrons. The molecule has 2 unspecified atom stereocenters. The summed E-state index contributed by atoms with van der Waals surface area (Å²) in [5, 5.41) is 12.4. The van der Waals surface area contributed by atoms with Crippen molar-refractivity contribution in [2.24, 2.45) is 5.92 Å². The van der Waals surface area contributed by atoms with Crippen LogP contribution in [0.15, 0.2) is 0 Å². The second-order valence-electron chi connectivity index (χ2n) is 5.88. The normalized spacial score (nSPS) is 26.3. The van der Waals surface area contributed by atoms with E-state index in [-0.39, 0.29) is 6.04 Å². The van der Waals surface area contributed by atoms with Crippen molar-refractivity contribution in [2.45, 2.75) is 44.2 Å². The van der Waals surface area contributed by atoms with Crippen LogP contribution in [0.2, 0.25) is 0 Å². The van der Waals surface area contributed by atoms with Gasteiger partial charge in [-0.3, -0.25) is 4.79 Å². The van der Waals surface area contributed by atoms with Crippen molar-refractivity contribution in [1.29, 1.82) is 0 Å². The van der Waals surface area contributed by atoms with E-state index in [1.807, 2.05) is 0 Å². The van der Waals surface area contributed by atoms with E-state index in [2.05, 4.69) is 10.2 Å². The van der Waals surface area contributed by atoms with E-state index in [0.29, 0.717) is 18.4 Å². The lowest BCUT2D eigenvalue weighted by molar-refractivity contribution is -0.139. The second kappa shape index (κ2) is 7.22. The smallest absolute Gasteiger partial charge is 0.320 e. The van der Waals surface area contributed by atoms with Crippen molar-refractivity contribution in [3.63, 3.8) is 0 Å². The molecule has 1 saturated carbocycles. The molecule has 2 aliphatic rings. The maximum absolute atomic E-state index is 11.2. The fourth-order valence-corrected chi connectivity index (χ4v) is 2.85. The molecule has 5 heteroatoms. The van der Waals surface area contributed by atoms with Gasteiger partial charge in [0.15, 0.2) is 0 Å². The number of ether oxygens (including phenoxy) is 1. The number of aliphatic carboxylic acids is 1. The Labute approximate surface area is 115 Å². The summed E-state index contributed by atoms with van der Waals surface area (Å²) < 4.78 is 5.22. The molecule has 1 aliphatic carbocycles. The van der Waals surface area contributed by atoms with Crippen molar-refractivity contribution in [2.75, 3.05) is 33.4 Å². The fourth-order valence-electron chi connectivity index (χ4n) is 2.85. The first kappa shape index (κ1) is 14.8. The minimum Gasteiger partial charge on any atom is -0.480 e. The van der Waals surface area contributed by atoms with Gasteiger partial charge in [-0.05, 0) is 44.6 Å². The monoisotopic (exact) mass is 270 g/mol. The first-order valence-electron chi connectivity index (χ1n) is 7.39. The van der Waals surface area contributed by atoms with Crippen LogP contribution in [0.1, 0.15) is 32.1 Å². The molecule has 0 aromatic rings. The van der Waals surface area contributed by atoms with E-state index in [0.717, 1.165) is 39.1 Å². The molecule has 2 N–H and O–H groups in total. The predicted molar refractivity (Wildman–Crippen MR) is 73.2 cm³/mol. The molecule has 5 nitrogen and oxygen atoms in total. The summed E-state index contributed by atoms with van der Waals surface area (Å²) in [6.07, 6.45) is 5.38. The summed E-state index contributed by atoms with van der Waals surface area (Å²) in [6, 6.07) is 0.0685. The molecule has 19 heavy (non-hydrogen) atoms. The largest absolute Gasteiger partial charge is 0.480 e. The van der Waals surface area contributed by atoms with Gasteiger partial charge in [-0.15, -0.1) is 0 Å². The molecule has 0 aromatic heterocycles. The molecule has 1 saturated heterocycles. The molecule has 1 aliphatic heterocycles. The zero-order valence-corrected chi connectivity index (χ0v) is 11.8. The molecular weight excluding hydrogens is 244 g/mol. The standard InChI is InChI=1S/C14H26N2O3/c1-19-10-11-3-2-7-16(9-11)8-6-13(14(17)18)15-12-4-5-12/h11-13,15H,2-10H2,1H3,(H,17,18). The van der Waals surface area contributed by atoms with Crippen molar-refractivity contribution in [3.8, 4) is 0 Å². The van der Waals surface area contributed by atoms with Gasteiger partial charge < -0.3 is 20.1 Å². The molecule has 0 bridgehead atoms. The summed E-state index contributed by atoms with van der Waals surface area (Å²) in [5.41, 5.74) is 0. The number of rotatable bonds is 8. The van der Waals surface area contributed by atoms with Crippen molar-refractivity contribution in [1.82, 2.24) is 10.2 Å². The van der Waals surface area contributed by atoms with Crippen LogP contribution in [0, 0.1) is 5.92 Å². The average Bonchev–Trinajstić information content (AvgIpc) is 3.19. The highest BCUT2D eigenvalue weighted by Crippen LogP contribution is 2.21. The van der Waals surface area contributed by atoms with Crippen LogP contribution in [0.5, 0.6) is 0 Å². The predicted octanol–water partition coefficient (Wildman–Crippen LogP) is 0.940. The van der Waals surface area contributed by atoms with Crippen LogP contribution >= 0.6 is 0 Å². The van der Waals surface area contributed by atoms with Crippen LogP contribution in [-0.4, -0.2) is 61.4 Å². The average molecular weight is 270 g/mol. The lowest BCUT2D eigenvalue weighted by Crippen LogP contribution is -2.43. The number of carboxylic acids is 1. The lowest BCUT2D eigenvalue weighted by atomic mass is 9.98. The number of hydrogen-bond acceptors (Lipinski definition) is 4. The van der Waals surface area contributed by atoms with Gasteiger partial charge in [-0.1, -0.05) is 0 Å². The number of piperidine rings is 1. The Morgan fingerprint density at radius 1 is 1.47 bits per heavy atom. The van der Waals surface area contributed by atoms with Crippen LogP contribution in [0.3, 0.4) is 0 Å². The highest BCUT2D eigenvalue weighted by atomic mass is 16.5. The van der Waals surface area contributed by atoms with E-state index in [9.17, 15) is 9.90 Å². The first-order chi connectivity index (χ1) is 9.19. The van der Waals surface area contributed by atoms with Crippen molar-refractivity contribution in [3.05, 3.63) is 0 Å². The zero-order valence-electron chi connectivity index (χ0n) is 11.8. The Bertz CT molecular complexity index is 292. The van der Waals surface area contributed by atoms with Gasteiger partial charge in [0.2, 0.25) is 0 Å². The molecule has 0 spiro atoms. The summed E-state index contributed by atoms with van der Waals surface area (Å²) >= 11 is 0. The van der Waals surface area contributed by atoms with Gasteiger partial charge in [0.25, 0.3) is 0 Å². The molecule has 2 rings (SSSR count). The van der Waals surface area contributed by atoms with E-state index in [1.165, 1.54) is 12.8 Å². The van der Waals surface area contributed by atoms with E-state index in [4.69, 9.17) is 4.74 Å². The van der Waals surface area contributed by atoms with Crippen molar-refractivity contribution >= 4 is 5.97 Å². The molecule has 0 aromatic carbocycles. The van der Waals surface area contributed by atoms with Gasteiger partial charge in [0, 0.05) is 26.2 Å². The SMILES string of the molecule is COCC1CCCN(CCC(NC2CC2)C(=O)O)C1. The summed E-state index contributed by atoms with van der Waals surface area (Å²) in [7, 11) is 1.75. The molecule has 1 heterocycles. The number of nitrogens with zero attached hydrogens (tertiary/aromatic N) is 1. The van der Waals surface area contributed by atoms with Gasteiger partial charge in [-0.2, -0.15) is 0 Å². The maximum Gasteiger partial charge on any atom is 0.320 e. The minimum atomic E-state index is -0.711. The highest BCUT2D eigenvalue weighted by molar-refractivity contribution is 5.73. The molecule has 0 radical (unpaired) electrons. The minimum absolute atomic E-state index is 0.379. The lowest BCUT2D eigenvalue weighted by Gasteiger charge is -2.33. The number of methoxy groups -OCH3 is 1. The Morgan fingerprint density at radius 3 is 2.89 bits per heavy atom. The van der Waals surface area contributed by atoms with Crippen molar-refractivity contribution < 1.29 is 14.6 Å². The number of hydrogen-bond donors (Lipinski definition) is 2. The maximum atomic E-state index is 11.2. The molecular formula is C14H26N2O3. The zero-order chi connectivity index (χ0) is 13.7.